The zero-order valence-corrected chi connectivity index (χ0v) is 14.1. The Hall–Kier alpha value is -2.92. The van der Waals surface area contributed by atoms with Crippen molar-refractivity contribution >= 4 is 11.7 Å². The fourth-order valence-corrected chi connectivity index (χ4v) is 3.25. The molecule has 2 heterocycles. The van der Waals surface area contributed by atoms with E-state index in [1.165, 1.54) is 5.69 Å². The highest BCUT2D eigenvalue weighted by Gasteiger charge is 2.20. The second-order valence-corrected chi connectivity index (χ2v) is 6.22. The molecule has 0 radical (unpaired) electrons. The number of anilines is 1. The van der Waals surface area contributed by atoms with Crippen LogP contribution in [0.25, 0.3) is 11.1 Å². The highest BCUT2D eigenvalue weighted by molar-refractivity contribution is 6.04. The lowest BCUT2D eigenvalue weighted by molar-refractivity contribution is 0.102. The van der Waals surface area contributed by atoms with E-state index in [0.717, 1.165) is 36.2 Å². The van der Waals surface area contributed by atoms with Gasteiger partial charge in [0, 0.05) is 43.4 Å². The van der Waals surface area contributed by atoms with E-state index in [0.29, 0.717) is 11.4 Å². The Morgan fingerprint density at radius 2 is 1.80 bits per heavy atom. The number of nitrogens with zero attached hydrogens (tertiary/aromatic N) is 2. The average molecular weight is 332 g/mol. The second kappa shape index (κ2) is 6.53. The number of benzene rings is 2. The van der Waals surface area contributed by atoms with E-state index in [4.69, 9.17) is 0 Å². The fourth-order valence-electron chi connectivity index (χ4n) is 3.25. The molecular formula is C20H20N4O. The molecule has 4 rings (SSSR count). The van der Waals surface area contributed by atoms with Gasteiger partial charge in [-0.2, -0.15) is 5.10 Å². The van der Waals surface area contributed by atoms with Crippen LogP contribution in [0.4, 0.5) is 5.82 Å². The van der Waals surface area contributed by atoms with Gasteiger partial charge >= 0.3 is 0 Å². The van der Waals surface area contributed by atoms with Gasteiger partial charge < -0.3 is 10.6 Å². The van der Waals surface area contributed by atoms with Crippen LogP contribution in [-0.4, -0.2) is 22.2 Å². The van der Waals surface area contributed by atoms with Crippen molar-refractivity contribution in [2.24, 2.45) is 7.05 Å². The van der Waals surface area contributed by atoms with Crippen LogP contribution in [0.3, 0.4) is 0 Å². The van der Waals surface area contributed by atoms with E-state index >= 15 is 0 Å². The lowest BCUT2D eigenvalue weighted by Crippen LogP contribution is -2.25. The third-order valence-corrected chi connectivity index (χ3v) is 4.60. The van der Waals surface area contributed by atoms with Crippen molar-refractivity contribution in [2.75, 3.05) is 11.9 Å². The summed E-state index contributed by atoms with van der Waals surface area (Å²) in [5.74, 6) is 0.521. The van der Waals surface area contributed by atoms with Gasteiger partial charge in [0.1, 0.15) is 0 Å². The lowest BCUT2D eigenvalue weighted by atomic mass is 10.0. The van der Waals surface area contributed by atoms with Crippen LogP contribution in [0.1, 0.15) is 21.6 Å². The number of rotatable bonds is 3. The maximum absolute atomic E-state index is 12.6. The predicted molar refractivity (Wildman–Crippen MR) is 98.4 cm³/mol. The van der Waals surface area contributed by atoms with E-state index in [1.807, 2.05) is 54.2 Å². The Balaban J connectivity index is 1.54. The van der Waals surface area contributed by atoms with Crippen molar-refractivity contribution in [1.29, 1.82) is 0 Å². The van der Waals surface area contributed by atoms with Crippen molar-refractivity contribution in [3.05, 3.63) is 71.4 Å². The highest BCUT2D eigenvalue weighted by Crippen LogP contribution is 2.23. The van der Waals surface area contributed by atoms with Crippen molar-refractivity contribution < 1.29 is 4.79 Å². The summed E-state index contributed by atoms with van der Waals surface area (Å²) in [6.45, 7) is 1.69. The molecule has 0 atom stereocenters. The van der Waals surface area contributed by atoms with Crippen molar-refractivity contribution in [2.45, 2.75) is 13.0 Å². The van der Waals surface area contributed by atoms with Gasteiger partial charge in [-0.05, 0) is 23.3 Å². The Bertz CT molecular complexity index is 897. The molecule has 2 aromatic carbocycles. The summed E-state index contributed by atoms with van der Waals surface area (Å²) in [6, 6.07) is 17.8. The van der Waals surface area contributed by atoms with Crippen molar-refractivity contribution in [3.63, 3.8) is 0 Å². The molecule has 126 valence electrons. The summed E-state index contributed by atoms with van der Waals surface area (Å²) in [6.07, 6.45) is 0.931. The summed E-state index contributed by atoms with van der Waals surface area (Å²) < 4.78 is 1.87. The number of aryl methyl sites for hydroxylation is 1. The molecule has 1 amide bonds. The number of carbonyl (C=O) groups excluding carboxylic acids is 1. The summed E-state index contributed by atoms with van der Waals surface area (Å²) in [5.41, 5.74) is 5.13. The van der Waals surface area contributed by atoms with E-state index in [-0.39, 0.29) is 5.91 Å². The molecule has 0 saturated heterocycles. The van der Waals surface area contributed by atoms with Gasteiger partial charge in [-0.25, -0.2) is 0 Å². The van der Waals surface area contributed by atoms with Crippen LogP contribution in [0.5, 0.6) is 0 Å². The van der Waals surface area contributed by atoms with E-state index in [1.54, 1.807) is 0 Å². The monoisotopic (exact) mass is 332 g/mol. The fraction of sp³-hybridized carbons (Fsp3) is 0.200. The molecule has 5 nitrogen and oxygen atoms in total. The van der Waals surface area contributed by atoms with Crippen LogP contribution >= 0.6 is 0 Å². The zero-order chi connectivity index (χ0) is 17.2. The first kappa shape index (κ1) is 15.6. The largest absolute Gasteiger partial charge is 0.312 e. The van der Waals surface area contributed by atoms with Gasteiger partial charge in [-0.3, -0.25) is 9.48 Å². The van der Waals surface area contributed by atoms with Gasteiger partial charge in [0.25, 0.3) is 5.91 Å². The molecule has 0 bridgehead atoms. The molecule has 0 fully saturated rings. The lowest BCUT2D eigenvalue weighted by Gasteiger charge is -2.14. The molecule has 1 aromatic heterocycles. The third kappa shape index (κ3) is 3.06. The van der Waals surface area contributed by atoms with E-state index in [2.05, 4.69) is 27.9 Å². The molecule has 0 aliphatic carbocycles. The summed E-state index contributed by atoms with van der Waals surface area (Å²) >= 11 is 0. The van der Waals surface area contributed by atoms with Gasteiger partial charge in [0.2, 0.25) is 0 Å². The summed E-state index contributed by atoms with van der Waals surface area (Å²) in [5, 5.41) is 10.8. The number of hydrogen-bond donors (Lipinski definition) is 2. The molecular weight excluding hydrogens is 312 g/mol. The SMILES string of the molecule is Cn1nc(NC(=O)c2ccc(-c3ccccc3)cc2)c2c1CCNC2. The maximum Gasteiger partial charge on any atom is 0.256 e. The summed E-state index contributed by atoms with van der Waals surface area (Å²) in [4.78, 5) is 12.6. The van der Waals surface area contributed by atoms with Crippen LogP contribution in [0, 0.1) is 0 Å². The molecule has 1 aliphatic heterocycles. The Kier molecular flexibility index (Phi) is 4.07. The minimum absolute atomic E-state index is 0.133. The number of carbonyl (C=O) groups is 1. The Morgan fingerprint density at radius 1 is 1.08 bits per heavy atom. The van der Waals surface area contributed by atoms with Crippen molar-refractivity contribution in [3.8, 4) is 11.1 Å². The van der Waals surface area contributed by atoms with Gasteiger partial charge in [-0.1, -0.05) is 42.5 Å². The molecule has 25 heavy (non-hydrogen) atoms. The van der Waals surface area contributed by atoms with Crippen molar-refractivity contribution in [1.82, 2.24) is 15.1 Å². The number of amides is 1. The van der Waals surface area contributed by atoms with E-state index < -0.39 is 0 Å². The molecule has 0 unspecified atom stereocenters. The van der Waals surface area contributed by atoms with Gasteiger partial charge in [0.05, 0.1) is 0 Å². The second-order valence-electron chi connectivity index (χ2n) is 6.22. The van der Waals surface area contributed by atoms with Crippen LogP contribution in [-0.2, 0) is 20.0 Å². The van der Waals surface area contributed by atoms with Gasteiger partial charge in [0.15, 0.2) is 5.82 Å². The molecule has 0 spiro atoms. The first-order valence-electron chi connectivity index (χ1n) is 8.44. The molecule has 3 aromatic rings. The van der Waals surface area contributed by atoms with Crippen LogP contribution in [0.2, 0.25) is 0 Å². The molecule has 1 aliphatic rings. The smallest absolute Gasteiger partial charge is 0.256 e. The minimum Gasteiger partial charge on any atom is -0.312 e. The molecule has 5 heteroatoms. The third-order valence-electron chi connectivity index (χ3n) is 4.60. The Labute approximate surface area is 146 Å². The summed E-state index contributed by atoms with van der Waals surface area (Å²) in [7, 11) is 1.93. The zero-order valence-electron chi connectivity index (χ0n) is 14.1. The Morgan fingerprint density at radius 3 is 2.56 bits per heavy atom. The predicted octanol–water partition coefficient (Wildman–Crippen LogP) is 2.99. The average Bonchev–Trinajstić information content (AvgIpc) is 2.98. The number of fused-ring (bicyclic) bond motifs is 1. The number of aromatic nitrogens is 2. The minimum atomic E-state index is -0.133. The van der Waals surface area contributed by atoms with E-state index in [9.17, 15) is 4.79 Å². The quantitative estimate of drug-likeness (QED) is 0.775. The maximum atomic E-state index is 12.6. The van der Waals surface area contributed by atoms with Crippen LogP contribution < -0.4 is 10.6 Å². The van der Waals surface area contributed by atoms with Gasteiger partial charge in [-0.15, -0.1) is 0 Å². The number of nitrogens with one attached hydrogen (secondary N) is 2. The first-order chi connectivity index (χ1) is 12.2. The molecule has 2 N–H and O–H groups in total. The highest BCUT2D eigenvalue weighted by atomic mass is 16.1. The molecule has 0 saturated carbocycles. The topological polar surface area (TPSA) is 59.0 Å². The normalized spacial score (nSPS) is 13.3. The standard InChI is InChI=1S/C20H20N4O/c1-24-18-11-12-21-13-17(18)19(23-24)22-20(25)16-9-7-15(8-10-16)14-5-3-2-4-6-14/h2-10,21H,11-13H2,1H3,(H,22,23,25). The first-order valence-corrected chi connectivity index (χ1v) is 8.44. The van der Waals surface area contributed by atoms with Crippen LogP contribution in [0.15, 0.2) is 54.6 Å². The number of hydrogen-bond acceptors (Lipinski definition) is 3.